The number of hydrogen-bond donors (Lipinski definition) is 2. The highest BCUT2D eigenvalue weighted by atomic mass is 16.4. The number of fused-ring (bicyclic) bond motifs is 2. The van der Waals surface area contributed by atoms with E-state index in [0.717, 1.165) is 50.6 Å². The van der Waals surface area contributed by atoms with Crippen molar-refractivity contribution in [1.82, 2.24) is 4.90 Å². The molecule has 0 saturated heterocycles. The van der Waals surface area contributed by atoms with E-state index in [1.807, 2.05) is 13.8 Å². The largest absolute Gasteiger partial charge is 0.478 e. The Balaban J connectivity index is 0.000000219. The molecule has 0 heterocycles. The van der Waals surface area contributed by atoms with Gasteiger partial charge >= 0.3 is 11.9 Å². The molecule has 3 aromatic carbocycles. The van der Waals surface area contributed by atoms with Crippen LogP contribution in [-0.2, 0) is 25.7 Å². The highest BCUT2D eigenvalue weighted by Gasteiger charge is 2.22. The van der Waals surface area contributed by atoms with Gasteiger partial charge in [0.05, 0.1) is 11.1 Å². The molecule has 5 heteroatoms. The molecule has 0 aromatic heterocycles. The van der Waals surface area contributed by atoms with Crippen LogP contribution >= 0.6 is 0 Å². The maximum Gasteiger partial charge on any atom is 0.336 e. The van der Waals surface area contributed by atoms with Crippen molar-refractivity contribution >= 4 is 17.5 Å². The Morgan fingerprint density at radius 3 is 1.85 bits per heavy atom. The van der Waals surface area contributed by atoms with Crippen LogP contribution in [0.2, 0.25) is 0 Å². The number of benzene rings is 3. The van der Waals surface area contributed by atoms with Crippen molar-refractivity contribution in [1.29, 1.82) is 0 Å². The number of carboxylic acid groups (broad SMARTS) is 2. The summed E-state index contributed by atoms with van der Waals surface area (Å²) in [5, 5.41) is 18.3. The molecule has 3 aromatic rings. The second-order valence-electron chi connectivity index (χ2n) is 10.3. The molecule has 0 saturated carbocycles. The second kappa shape index (κ2) is 14.5. The van der Waals surface area contributed by atoms with Gasteiger partial charge in [0.2, 0.25) is 0 Å². The molecule has 0 aliphatic heterocycles. The van der Waals surface area contributed by atoms with Gasteiger partial charge in [-0.3, -0.25) is 0 Å². The fourth-order valence-corrected chi connectivity index (χ4v) is 5.26. The van der Waals surface area contributed by atoms with E-state index in [9.17, 15) is 14.7 Å². The number of rotatable bonds is 9. The van der Waals surface area contributed by atoms with E-state index >= 15 is 0 Å². The third-order valence-electron chi connectivity index (χ3n) is 7.08. The highest BCUT2D eigenvalue weighted by molar-refractivity contribution is 6.03. The van der Waals surface area contributed by atoms with E-state index in [0.29, 0.717) is 12.0 Å². The normalized spacial score (nSPS) is 12.1. The quantitative estimate of drug-likeness (QED) is 0.309. The molecule has 206 valence electrons. The van der Waals surface area contributed by atoms with Gasteiger partial charge in [0.25, 0.3) is 0 Å². The standard InChI is InChI=1S/C20H23N.C14H18O4/c1-21(2)15-7-12-20-18-10-5-3-8-16(18)13-14-17-9-4-6-11-19(17)20;1-3-5-9-7-8-11(13(15)16)12(14(17)18)10(9)6-4-2/h3-6,8-12H,7,13-15H2,1-2H3;7-8H,3-6H2,1-2H3,(H,15,16)(H,17,18). The molecule has 1 aliphatic rings. The van der Waals surface area contributed by atoms with E-state index < -0.39 is 11.9 Å². The molecular formula is C34H41NO4. The van der Waals surface area contributed by atoms with E-state index in [2.05, 4.69) is 73.6 Å². The summed E-state index contributed by atoms with van der Waals surface area (Å²) in [6.45, 7) is 5.06. The van der Waals surface area contributed by atoms with Gasteiger partial charge in [-0.1, -0.05) is 87.4 Å². The molecule has 0 spiro atoms. The number of aromatic carboxylic acids is 2. The SMILES string of the molecule is CCCc1ccc(C(=O)O)c(C(=O)O)c1CCC.CN(C)CCC=C1c2ccccc2CCc2ccccc21. The Hall–Kier alpha value is -3.70. The van der Waals surface area contributed by atoms with Crippen molar-refractivity contribution in [2.75, 3.05) is 20.6 Å². The Kier molecular flexibility index (Phi) is 11.1. The topological polar surface area (TPSA) is 77.8 Å². The lowest BCUT2D eigenvalue weighted by atomic mass is 9.91. The van der Waals surface area contributed by atoms with Gasteiger partial charge in [0.1, 0.15) is 0 Å². The molecule has 0 fully saturated rings. The zero-order valence-corrected chi connectivity index (χ0v) is 23.7. The third kappa shape index (κ3) is 7.67. The van der Waals surface area contributed by atoms with E-state index in [4.69, 9.17) is 5.11 Å². The smallest absolute Gasteiger partial charge is 0.336 e. The number of aryl methyl sites for hydroxylation is 3. The van der Waals surface area contributed by atoms with Crippen LogP contribution in [0.1, 0.15) is 87.2 Å². The minimum absolute atomic E-state index is 0.0460. The summed E-state index contributed by atoms with van der Waals surface area (Å²) in [7, 11) is 4.26. The van der Waals surface area contributed by atoms with Crippen molar-refractivity contribution in [3.63, 3.8) is 0 Å². The van der Waals surface area contributed by atoms with Crippen LogP contribution in [0.4, 0.5) is 0 Å². The molecule has 1 aliphatic carbocycles. The van der Waals surface area contributed by atoms with Crippen LogP contribution < -0.4 is 0 Å². The van der Waals surface area contributed by atoms with Crippen molar-refractivity contribution in [3.8, 4) is 0 Å². The molecule has 2 N–H and O–H groups in total. The van der Waals surface area contributed by atoms with Gasteiger partial charge in [-0.15, -0.1) is 0 Å². The van der Waals surface area contributed by atoms with Gasteiger partial charge < -0.3 is 15.1 Å². The average molecular weight is 528 g/mol. The first-order valence-corrected chi connectivity index (χ1v) is 13.9. The Morgan fingerprint density at radius 1 is 0.795 bits per heavy atom. The molecule has 0 radical (unpaired) electrons. The summed E-state index contributed by atoms with van der Waals surface area (Å²) >= 11 is 0. The average Bonchev–Trinajstić information content (AvgIpc) is 3.07. The fourth-order valence-electron chi connectivity index (χ4n) is 5.26. The summed E-state index contributed by atoms with van der Waals surface area (Å²) < 4.78 is 0. The molecule has 0 bridgehead atoms. The Morgan fingerprint density at radius 2 is 1.36 bits per heavy atom. The lowest BCUT2D eigenvalue weighted by Gasteiger charge is -2.13. The lowest BCUT2D eigenvalue weighted by molar-refractivity contribution is 0.0650. The zero-order valence-electron chi connectivity index (χ0n) is 23.7. The molecule has 0 atom stereocenters. The molecule has 5 nitrogen and oxygen atoms in total. The predicted octanol–water partition coefficient (Wildman–Crippen LogP) is 7.16. The Labute approximate surface area is 232 Å². The van der Waals surface area contributed by atoms with Crippen molar-refractivity contribution < 1.29 is 19.8 Å². The molecule has 4 rings (SSSR count). The molecular weight excluding hydrogens is 486 g/mol. The molecule has 0 unspecified atom stereocenters. The first-order chi connectivity index (χ1) is 18.8. The van der Waals surface area contributed by atoms with Gasteiger partial charge in [-0.05, 0) is 91.2 Å². The van der Waals surface area contributed by atoms with Crippen LogP contribution in [0, 0.1) is 0 Å². The van der Waals surface area contributed by atoms with Crippen LogP contribution in [0.5, 0.6) is 0 Å². The van der Waals surface area contributed by atoms with Gasteiger partial charge in [0.15, 0.2) is 0 Å². The summed E-state index contributed by atoms with van der Waals surface area (Å²) in [6.07, 6.45) is 8.85. The van der Waals surface area contributed by atoms with Crippen molar-refractivity contribution in [2.24, 2.45) is 0 Å². The maximum atomic E-state index is 11.3. The Bertz CT molecular complexity index is 1270. The van der Waals surface area contributed by atoms with Crippen LogP contribution in [0.3, 0.4) is 0 Å². The molecule has 0 amide bonds. The first-order valence-electron chi connectivity index (χ1n) is 13.9. The van der Waals surface area contributed by atoms with Gasteiger partial charge in [0, 0.05) is 6.54 Å². The fraction of sp³-hybridized carbons (Fsp3) is 0.353. The van der Waals surface area contributed by atoms with Gasteiger partial charge in [-0.2, -0.15) is 0 Å². The number of carboxylic acids is 2. The summed E-state index contributed by atoms with van der Waals surface area (Å²) in [6, 6.07) is 20.9. The maximum absolute atomic E-state index is 11.3. The highest BCUT2D eigenvalue weighted by Crippen LogP contribution is 2.33. The van der Waals surface area contributed by atoms with Crippen LogP contribution in [-0.4, -0.2) is 47.7 Å². The van der Waals surface area contributed by atoms with Crippen molar-refractivity contribution in [3.05, 3.63) is 111 Å². The minimum atomic E-state index is -1.19. The van der Waals surface area contributed by atoms with E-state index in [1.54, 1.807) is 6.07 Å². The number of carbonyl (C=O) groups is 2. The lowest BCUT2D eigenvalue weighted by Crippen LogP contribution is -2.13. The van der Waals surface area contributed by atoms with Crippen LogP contribution in [0.15, 0.2) is 66.7 Å². The number of hydrogen-bond acceptors (Lipinski definition) is 3. The predicted molar refractivity (Wildman–Crippen MR) is 159 cm³/mol. The number of nitrogens with zero attached hydrogens (tertiary/aromatic N) is 1. The monoisotopic (exact) mass is 527 g/mol. The van der Waals surface area contributed by atoms with Crippen LogP contribution in [0.25, 0.3) is 5.57 Å². The van der Waals surface area contributed by atoms with Gasteiger partial charge in [-0.25, -0.2) is 9.59 Å². The summed E-state index contributed by atoms with van der Waals surface area (Å²) in [4.78, 5) is 24.6. The second-order valence-corrected chi connectivity index (χ2v) is 10.3. The van der Waals surface area contributed by atoms with Crippen molar-refractivity contribution in [2.45, 2.75) is 58.8 Å². The minimum Gasteiger partial charge on any atom is -0.478 e. The third-order valence-corrected chi connectivity index (χ3v) is 7.08. The summed E-state index contributed by atoms with van der Waals surface area (Å²) in [5.74, 6) is -2.35. The first kappa shape index (κ1) is 29.9. The zero-order chi connectivity index (χ0) is 28.4. The van der Waals surface area contributed by atoms with E-state index in [-0.39, 0.29) is 11.1 Å². The molecule has 39 heavy (non-hydrogen) atoms. The summed E-state index contributed by atoms with van der Waals surface area (Å²) in [5.41, 5.74) is 8.66. The van der Waals surface area contributed by atoms with E-state index in [1.165, 1.54) is 33.9 Å².